The lowest BCUT2D eigenvalue weighted by molar-refractivity contribution is 0.615. The van der Waals surface area contributed by atoms with E-state index < -0.39 is 0 Å². The Hall–Kier alpha value is -2.54. The number of benzene rings is 2. The number of para-hydroxylation sites is 1. The van der Waals surface area contributed by atoms with Gasteiger partial charge in [0.05, 0.1) is 0 Å². The lowest BCUT2D eigenvalue weighted by Gasteiger charge is -2.33. The van der Waals surface area contributed by atoms with Gasteiger partial charge in [0.25, 0.3) is 0 Å². The summed E-state index contributed by atoms with van der Waals surface area (Å²) in [4.78, 5) is 0. The van der Waals surface area contributed by atoms with Gasteiger partial charge in [-0.3, -0.25) is 0 Å². The summed E-state index contributed by atoms with van der Waals surface area (Å²) in [5.74, 6) is 0.913. The molecule has 4 rings (SSSR count). The maximum absolute atomic E-state index is 6.21. The summed E-state index contributed by atoms with van der Waals surface area (Å²) in [5.41, 5.74) is 13.6. The zero-order valence-corrected chi connectivity index (χ0v) is 12.7. The van der Waals surface area contributed by atoms with Crippen molar-refractivity contribution in [3.8, 4) is 0 Å². The molecule has 2 aliphatic rings. The second kappa shape index (κ2) is 5.03. The van der Waals surface area contributed by atoms with Crippen molar-refractivity contribution in [2.45, 2.75) is 12.8 Å². The molecule has 0 radical (unpaired) electrons. The van der Waals surface area contributed by atoms with Crippen LogP contribution in [0.1, 0.15) is 29.5 Å². The topological polar surface area (TPSA) is 26.0 Å². The second-order valence-electron chi connectivity index (χ2n) is 6.11. The lowest BCUT2D eigenvalue weighted by Crippen LogP contribution is -2.18. The molecule has 2 aliphatic carbocycles. The standard InChI is InChI=1S/C21H19N/c1-14-10-12-17(18-8-4-5-9-20(18)22)19-13-11-15-6-2-3-7-16(15)21(14)19/h2-14,21H,22H2,1H3. The number of nitrogens with two attached hydrogens (primary N) is 1. The summed E-state index contributed by atoms with van der Waals surface area (Å²) in [6, 6.07) is 16.8. The fourth-order valence-corrected chi connectivity index (χ4v) is 3.66. The van der Waals surface area contributed by atoms with Crippen molar-refractivity contribution >= 4 is 17.3 Å². The predicted molar refractivity (Wildman–Crippen MR) is 94.3 cm³/mol. The molecule has 2 aromatic carbocycles. The van der Waals surface area contributed by atoms with Gasteiger partial charge < -0.3 is 5.73 Å². The quantitative estimate of drug-likeness (QED) is 0.730. The smallest absolute Gasteiger partial charge is 0.0393 e. The van der Waals surface area contributed by atoms with Crippen LogP contribution in [-0.2, 0) is 0 Å². The van der Waals surface area contributed by atoms with E-state index in [1.807, 2.05) is 12.1 Å². The minimum Gasteiger partial charge on any atom is -0.398 e. The first-order valence-electron chi connectivity index (χ1n) is 7.80. The third kappa shape index (κ3) is 1.93. The molecule has 0 saturated carbocycles. The Labute approximate surface area is 131 Å². The molecule has 0 fully saturated rings. The van der Waals surface area contributed by atoms with Gasteiger partial charge in [0.1, 0.15) is 0 Å². The molecule has 1 heteroatoms. The minimum absolute atomic E-state index is 0.417. The van der Waals surface area contributed by atoms with Crippen molar-refractivity contribution in [1.29, 1.82) is 0 Å². The van der Waals surface area contributed by atoms with Crippen molar-refractivity contribution in [1.82, 2.24) is 0 Å². The Morgan fingerprint density at radius 2 is 1.64 bits per heavy atom. The molecule has 2 unspecified atom stereocenters. The van der Waals surface area contributed by atoms with Crippen LogP contribution in [0.3, 0.4) is 0 Å². The largest absolute Gasteiger partial charge is 0.398 e. The summed E-state index contributed by atoms with van der Waals surface area (Å²) in [6.45, 7) is 2.29. The molecule has 2 aromatic rings. The van der Waals surface area contributed by atoms with E-state index in [4.69, 9.17) is 5.73 Å². The summed E-state index contributed by atoms with van der Waals surface area (Å²) in [5, 5.41) is 0. The number of rotatable bonds is 1. The zero-order valence-electron chi connectivity index (χ0n) is 12.7. The van der Waals surface area contributed by atoms with Crippen molar-refractivity contribution in [2.24, 2.45) is 5.92 Å². The molecular formula is C21H19N. The zero-order chi connectivity index (χ0) is 15.1. The van der Waals surface area contributed by atoms with Crippen molar-refractivity contribution in [3.63, 3.8) is 0 Å². The molecule has 22 heavy (non-hydrogen) atoms. The van der Waals surface area contributed by atoms with E-state index in [0.717, 1.165) is 11.3 Å². The molecule has 2 N–H and O–H groups in total. The number of hydrogen-bond donors (Lipinski definition) is 1. The maximum Gasteiger partial charge on any atom is 0.0393 e. The van der Waals surface area contributed by atoms with E-state index in [9.17, 15) is 0 Å². The summed E-state index contributed by atoms with van der Waals surface area (Å²) < 4.78 is 0. The summed E-state index contributed by atoms with van der Waals surface area (Å²) in [7, 11) is 0. The molecule has 0 spiro atoms. The lowest BCUT2D eigenvalue weighted by atomic mass is 9.71. The third-order valence-corrected chi connectivity index (χ3v) is 4.76. The average Bonchev–Trinajstić information content (AvgIpc) is 2.56. The van der Waals surface area contributed by atoms with E-state index >= 15 is 0 Å². The minimum atomic E-state index is 0.417. The number of nitrogen functional groups attached to an aromatic ring is 1. The first-order valence-corrected chi connectivity index (χ1v) is 7.80. The van der Waals surface area contributed by atoms with Crippen molar-refractivity contribution < 1.29 is 0 Å². The summed E-state index contributed by atoms with van der Waals surface area (Å²) >= 11 is 0. The second-order valence-corrected chi connectivity index (χ2v) is 6.11. The first kappa shape index (κ1) is 13.1. The van der Waals surface area contributed by atoms with E-state index in [-0.39, 0.29) is 0 Å². The fourth-order valence-electron chi connectivity index (χ4n) is 3.66. The van der Waals surface area contributed by atoms with Gasteiger partial charge in [0.15, 0.2) is 0 Å². The molecule has 0 bridgehead atoms. The third-order valence-electron chi connectivity index (χ3n) is 4.76. The maximum atomic E-state index is 6.21. The highest BCUT2D eigenvalue weighted by molar-refractivity contribution is 5.88. The number of fused-ring (bicyclic) bond motifs is 3. The highest BCUT2D eigenvalue weighted by Gasteiger charge is 2.30. The van der Waals surface area contributed by atoms with Gasteiger partial charge in [-0.2, -0.15) is 0 Å². The number of allylic oxidation sites excluding steroid dienone is 5. The molecular weight excluding hydrogens is 266 g/mol. The Bertz CT molecular complexity index is 823. The van der Waals surface area contributed by atoms with Crippen LogP contribution in [-0.4, -0.2) is 0 Å². The molecule has 0 aromatic heterocycles. The van der Waals surface area contributed by atoms with Crippen LogP contribution < -0.4 is 5.73 Å². The normalized spacial score (nSPS) is 22.4. The first-order chi connectivity index (χ1) is 10.8. The van der Waals surface area contributed by atoms with Crippen LogP contribution in [0, 0.1) is 5.92 Å². The van der Waals surface area contributed by atoms with Crippen molar-refractivity contribution in [2.75, 3.05) is 5.73 Å². The van der Waals surface area contributed by atoms with E-state index in [2.05, 4.69) is 67.6 Å². The Balaban J connectivity index is 1.95. The Kier molecular flexibility index (Phi) is 3.00. The highest BCUT2D eigenvalue weighted by atomic mass is 14.6. The highest BCUT2D eigenvalue weighted by Crippen LogP contribution is 2.46. The SMILES string of the molecule is CC1C=CC(c2ccccc2N)=C2C=Cc3ccccc3C21. The molecule has 2 atom stereocenters. The van der Waals surface area contributed by atoms with Gasteiger partial charge in [-0.25, -0.2) is 0 Å². The van der Waals surface area contributed by atoms with E-state index in [1.54, 1.807) is 0 Å². The van der Waals surface area contributed by atoms with Crippen LogP contribution in [0.4, 0.5) is 5.69 Å². The van der Waals surface area contributed by atoms with Crippen LogP contribution in [0.25, 0.3) is 11.6 Å². The molecule has 0 heterocycles. The van der Waals surface area contributed by atoms with Crippen LogP contribution >= 0.6 is 0 Å². The van der Waals surface area contributed by atoms with Crippen LogP contribution in [0.15, 0.2) is 72.3 Å². The molecule has 0 saturated heterocycles. The van der Waals surface area contributed by atoms with E-state index in [0.29, 0.717) is 11.8 Å². The van der Waals surface area contributed by atoms with Gasteiger partial charge in [-0.1, -0.05) is 73.7 Å². The van der Waals surface area contributed by atoms with Gasteiger partial charge in [0, 0.05) is 17.2 Å². The van der Waals surface area contributed by atoms with Gasteiger partial charge in [-0.15, -0.1) is 0 Å². The number of anilines is 1. The summed E-state index contributed by atoms with van der Waals surface area (Å²) in [6.07, 6.45) is 9.05. The Morgan fingerprint density at radius 1 is 0.864 bits per heavy atom. The fraction of sp³-hybridized carbons (Fsp3) is 0.143. The molecule has 0 aliphatic heterocycles. The van der Waals surface area contributed by atoms with E-state index in [1.165, 1.54) is 22.3 Å². The molecule has 1 nitrogen and oxygen atoms in total. The number of hydrogen-bond acceptors (Lipinski definition) is 1. The molecule has 0 amide bonds. The van der Waals surface area contributed by atoms with Crippen LogP contribution in [0.2, 0.25) is 0 Å². The van der Waals surface area contributed by atoms with Gasteiger partial charge in [0.2, 0.25) is 0 Å². The molecule has 108 valence electrons. The van der Waals surface area contributed by atoms with Gasteiger partial charge in [-0.05, 0) is 34.3 Å². The van der Waals surface area contributed by atoms with Gasteiger partial charge >= 0.3 is 0 Å². The monoisotopic (exact) mass is 285 g/mol. The van der Waals surface area contributed by atoms with Crippen LogP contribution in [0.5, 0.6) is 0 Å². The average molecular weight is 285 g/mol. The predicted octanol–water partition coefficient (Wildman–Crippen LogP) is 5.04. The van der Waals surface area contributed by atoms with Crippen molar-refractivity contribution in [3.05, 3.63) is 89.0 Å². The Morgan fingerprint density at radius 3 is 2.50 bits per heavy atom.